The summed E-state index contributed by atoms with van der Waals surface area (Å²) in [6.07, 6.45) is 3.46. The smallest absolute Gasteiger partial charge is 0.411 e. The SMILES string of the molecule is CNCc1ccc(C(=O)N[C@H]2CCC[C@@H](C)C(=O)Nc3cc(NC(=O)OC)ccc3-c3cc2sc3C(C)(O)CO)cc1C1CC1. The zero-order valence-electron chi connectivity index (χ0n) is 26.2. The Kier molecular flexibility index (Phi) is 9.93. The highest BCUT2D eigenvalue weighted by Gasteiger charge is 2.33. The maximum atomic E-state index is 13.8. The van der Waals surface area contributed by atoms with Gasteiger partial charge in [0.1, 0.15) is 5.60 Å². The Morgan fingerprint density at radius 2 is 1.87 bits per heavy atom. The predicted molar refractivity (Wildman–Crippen MR) is 175 cm³/mol. The van der Waals surface area contributed by atoms with Crippen molar-refractivity contribution in [1.82, 2.24) is 10.6 Å². The highest BCUT2D eigenvalue weighted by Crippen LogP contribution is 2.45. The van der Waals surface area contributed by atoms with Crippen molar-refractivity contribution in [1.29, 1.82) is 0 Å². The van der Waals surface area contributed by atoms with E-state index < -0.39 is 18.3 Å². The number of nitrogens with one attached hydrogen (secondary N) is 4. The van der Waals surface area contributed by atoms with Crippen LogP contribution >= 0.6 is 11.3 Å². The van der Waals surface area contributed by atoms with E-state index in [4.69, 9.17) is 4.74 Å². The first-order valence-electron chi connectivity index (χ1n) is 15.4. The number of hydrogen-bond donors (Lipinski definition) is 6. The van der Waals surface area contributed by atoms with Crippen LogP contribution in [0.5, 0.6) is 0 Å². The monoisotopic (exact) mass is 634 g/mol. The molecule has 1 unspecified atom stereocenters. The van der Waals surface area contributed by atoms with Gasteiger partial charge in [0.15, 0.2) is 0 Å². The molecule has 1 aromatic heterocycles. The average Bonchev–Trinajstić information content (AvgIpc) is 3.77. The second-order valence-electron chi connectivity index (χ2n) is 12.3. The first kappa shape index (κ1) is 32.6. The molecule has 240 valence electrons. The molecule has 11 heteroatoms. The van der Waals surface area contributed by atoms with E-state index in [1.165, 1.54) is 36.5 Å². The number of benzene rings is 2. The molecule has 3 aromatic rings. The zero-order chi connectivity index (χ0) is 32.3. The molecule has 2 aromatic carbocycles. The van der Waals surface area contributed by atoms with Crippen molar-refractivity contribution in [2.75, 3.05) is 31.4 Å². The van der Waals surface area contributed by atoms with E-state index in [9.17, 15) is 24.6 Å². The molecule has 10 nitrogen and oxygen atoms in total. The minimum atomic E-state index is -1.59. The van der Waals surface area contributed by atoms with Crippen LogP contribution in [0.1, 0.15) is 89.2 Å². The van der Waals surface area contributed by atoms with Gasteiger partial charge in [0, 0.05) is 44.6 Å². The number of methoxy groups -OCH3 is 1. The lowest BCUT2D eigenvalue weighted by molar-refractivity contribution is -0.119. The Labute approximate surface area is 267 Å². The van der Waals surface area contributed by atoms with Gasteiger partial charge >= 0.3 is 6.09 Å². The third-order valence-electron chi connectivity index (χ3n) is 8.57. The number of aliphatic hydroxyl groups is 2. The average molecular weight is 635 g/mol. The predicted octanol–water partition coefficient (Wildman–Crippen LogP) is 5.62. The Morgan fingerprint density at radius 3 is 2.56 bits per heavy atom. The fourth-order valence-electron chi connectivity index (χ4n) is 5.79. The number of hydrogen-bond acceptors (Lipinski definition) is 8. The van der Waals surface area contributed by atoms with Crippen LogP contribution in [0.15, 0.2) is 42.5 Å². The van der Waals surface area contributed by atoms with Gasteiger partial charge in [-0.2, -0.15) is 0 Å². The van der Waals surface area contributed by atoms with Crippen molar-refractivity contribution in [2.45, 2.75) is 70.1 Å². The van der Waals surface area contributed by atoms with Crippen LogP contribution in [-0.4, -0.2) is 48.9 Å². The third kappa shape index (κ3) is 7.38. The lowest BCUT2D eigenvalue weighted by atomic mass is 9.93. The van der Waals surface area contributed by atoms with Gasteiger partial charge in [0.25, 0.3) is 5.91 Å². The Morgan fingerprint density at radius 1 is 1.09 bits per heavy atom. The van der Waals surface area contributed by atoms with E-state index in [1.54, 1.807) is 18.2 Å². The number of fused-ring (bicyclic) bond motifs is 4. The summed E-state index contributed by atoms with van der Waals surface area (Å²) in [6, 6.07) is 12.5. The van der Waals surface area contributed by atoms with Crippen LogP contribution in [0, 0.1) is 5.92 Å². The highest BCUT2D eigenvalue weighted by molar-refractivity contribution is 7.12. The summed E-state index contributed by atoms with van der Waals surface area (Å²) >= 11 is 1.33. The minimum Gasteiger partial charge on any atom is -0.453 e. The quantitative estimate of drug-likeness (QED) is 0.188. The van der Waals surface area contributed by atoms with E-state index in [0.29, 0.717) is 58.1 Å². The van der Waals surface area contributed by atoms with Crippen LogP contribution < -0.4 is 21.3 Å². The van der Waals surface area contributed by atoms with Crippen molar-refractivity contribution in [2.24, 2.45) is 5.92 Å². The van der Waals surface area contributed by atoms with E-state index in [-0.39, 0.29) is 23.8 Å². The summed E-state index contributed by atoms with van der Waals surface area (Å²) in [6.45, 7) is 3.62. The molecule has 0 saturated heterocycles. The topological polar surface area (TPSA) is 149 Å². The second kappa shape index (κ2) is 13.7. The first-order chi connectivity index (χ1) is 21.5. The maximum Gasteiger partial charge on any atom is 0.411 e. The minimum absolute atomic E-state index is 0.180. The van der Waals surface area contributed by atoms with E-state index in [0.717, 1.165) is 24.3 Å². The standard InChI is InChI=1S/C34H42N4O6S/c1-19-6-5-7-27(37-32(41)21-10-11-22(17-35-3)25(14-21)20-8-9-20)29-16-26(30(45-29)34(2,43)18-39)24-13-12-23(36-33(42)44-4)15-28(24)38-31(19)40/h10-16,19-20,27,35,39,43H,5-9,17-18H2,1-4H3,(H,36,42)(H,37,41)(H,38,40)/t19-,27+,34?/m1/s1. The Balaban J connectivity index is 1.56. The van der Waals surface area contributed by atoms with Gasteiger partial charge in [-0.05, 0) is 87.0 Å². The normalized spacial score (nSPS) is 19.6. The van der Waals surface area contributed by atoms with Gasteiger partial charge in [-0.3, -0.25) is 14.9 Å². The molecule has 3 amide bonds. The van der Waals surface area contributed by atoms with Crippen LogP contribution in [-0.2, 0) is 21.7 Å². The highest BCUT2D eigenvalue weighted by atomic mass is 32.1. The number of anilines is 2. The summed E-state index contributed by atoms with van der Waals surface area (Å²) in [4.78, 5) is 40.3. The van der Waals surface area contributed by atoms with Gasteiger partial charge in [-0.15, -0.1) is 11.3 Å². The van der Waals surface area contributed by atoms with Gasteiger partial charge in [0.2, 0.25) is 5.91 Å². The van der Waals surface area contributed by atoms with Crippen molar-refractivity contribution >= 4 is 40.6 Å². The summed E-state index contributed by atoms with van der Waals surface area (Å²) in [7, 11) is 3.18. The number of rotatable bonds is 8. The molecular weight excluding hydrogens is 592 g/mol. The molecule has 1 aliphatic heterocycles. The van der Waals surface area contributed by atoms with Gasteiger partial charge in [0.05, 0.1) is 25.4 Å². The molecule has 5 rings (SSSR count). The number of carbonyl (C=O) groups is 3. The maximum absolute atomic E-state index is 13.8. The molecule has 0 radical (unpaired) electrons. The molecule has 2 aliphatic rings. The third-order valence-corrected chi connectivity index (χ3v) is 10.1. The van der Waals surface area contributed by atoms with Crippen LogP contribution in [0.4, 0.5) is 16.2 Å². The molecule has 45 heavy (non-hydrogen) atoms. The number of amides is 3. The summed E-state index contributed by atoms with van der Waals surface area (Å²) in [5, 5.41) is 33.6. The van der Waals surface area contributed by atoms with E-state index in [2.05, 4.69) is 21.3 Å². The number of aliphatic hydroxyl groups excluding tert-OH is 1. The molecule has 6 N–H and O–H groups in total. The molecule has 1 saturated carbocycles. The fraction of sp³-hybridized carbons (Fsp3) is 0.441. The molecule has 1 fully saturated rings. The molecular formula is C34H42N4O6S. The van der Waals surface area contributed by atoms with Crippen molar-refractivity contribution in [3.05, 3.63) is 68.9 Å². The van der Waals surface area contributed by atoms with Crippen molar-refractivity contribution in [3.63, 3.8) is 0 Å². The first-order valence-corrected chi connectivity index (χ1v) is 16.2. The molecule has 1 aliphatic carbocycles. The van der Waals surface area contributed by atoms with Crippen LogP contribution in [0.3, 0.4) is 0 Å². The Bertz CT molecular complexity index is 1580. The lowest BCUT2D eigenvalue weighted by Gasteiger charge is -2.22. The number of thiophene rings is 1. The van der Waals surface area contributed by atoms with Crippen molar-refractivity contribution < 1.29 is 29.3 Å². The molecule has 3 atom stereocenters. The van der Waals surface area contributed by atoms with Crippen LogP contribution in [0.25, 0.3) is 11.1 Å². The zero-order valence-corrected chi connectivity index (χ0v) is 27.0. The van der Waals surface area contributed by atoms with Crippen LogP contribution in [0.2, 0.25) is 0 Å². The van der Waals surface area contributed by atoms with Gasteiger partial charge < -0.3 is 30.9 Å². The van der Waals surface area contributed by atoms with E-state index >= 15 is 0 Å². The van der Waals surface area contributed by atoms with E-state index in [1.807, 2.05) is 38.2 Å². The van der Waals surface area contributed by atoms with Gasteiger partial charge in [-0.1, -0.05) is 25.5 Å². The molecule has 2 bridgehead atoms. The number of carbonyl (C=O) groups excluding carboxylic acids is 3. The fourth-order valence-corrected chi connectivity index (χ4v) is 7.08. The largest absolute Gasteiger partial charge is 0.453 e. The van der Waals surface area contributed by atoms with Gasteiger partial charge in [-0.25, -0.2) is 4.79 Å². The molecule has 2 heterocycles. The van der Waals surface area contributed by atoms with Crippen molar-refractivity contribution in [3.8, 4) is 11.1 Å². The summed E-state index contributed by atoms with van der Waals surface area (Å²) in [5.41, 5.74) is 3.52. The lowest BCUT2D eigenvalue weighted by Crippen LogP contribution is -2.29. The number of ether oxygens (including phenoxy) is 1. The second-order valence-corrected chi connectivity index (χ2v) is 13.3. The summed E-state index contributed by atoms with van der Waals surface area (Å²) in [5.74, 6) is -0.200. The summed E-state index contributed by atoms with van der Waals surface area (Å²) < 4.78 is 4.73. The Hall–Kier alpha value is -3.77. The molecule has 0 spiro atoms.